The number of hydrogen-bond donors (Lipinski definition) is 0. The van der Waals surface area contributed by atoms with Crippen LogP contribution in [0.2, 0.25) is 0 Å². The van der Waals surface area contributed by atoms with Crippen LogP contribution < -0.4 is 0 Å². The molecule has 0 aliphatic heterocycles. The summed E-state index contributed by atoms with van der Waals surface area (Å²) in [6.07, 6.45) is -4.67. The van der Waals surface area contributed by atoms with Crippen LogP contribution in [-0.2, 0) is 10.9 Å². The highest BCUT2D eigenvalue weighted by molar-refractivity contribution is 5.90. The van der Waals surface area contributed by atoms with Crippen molar-refractivity contribution in [2.75, 3.05) is 0 Å². The van der Waals surface area contributed by atoms with Gasteiger partial charge in [0, 0.05) is 5.56 Å². The number of esters is 1. The maximum Gasteiger partial charge on any atom is 0.455 e. The number of alkyl halides is 3. The molecular formula is C14H13F3N2O3. The number of halogens is 3. The van der Waals surface area contributed by atoms with Crippen molar-refractivity contribution in [3.63, 3.8) is 0 Å². The van der Waals surface area contributed by atoms with Gasteiger partial charge in [-0.2, -0.15) is 18.2 Å². The maximum atomic E-state index is 12.4. The van der Waals surface area contributed by atoms with Crippen LogP contribution in [0.15, 0.2) is 28.8 Å². The van der Waals surface area contributed by atoms with E-state index in [-0.39, 0.29) is 17.0 Å². The number of nitrogens with zero attached hydrogens (tertiary/aromatic N) is 2. The normalized spacial score (nSPS) is 12.3. The van der Waals surface area contributed by atoms with E-state index in [2.05, 4.69) is 14.7 Å². The van der Waals surface area contributed by atoms with Gasteiger partial charge in [0.25, 0.3) is 11.7 Å². The van der Waals surface area contributed by atoms with Crippen molar-refractivity contribution in [3.05, 3.63) is 35.7 Å². The Morgan fingerprint density at radius 3 is 2.18 bits per heavy atom. The van der Waals surface area contributed by atoms with Crippen LogP contribution in [0.3, 0.4) is 0 Å². The van der Waals surface area contributed by atoms with Gasteiger partial charge in [-0.25, -0.2) is 4.79 Å². The number of aromatic nitrogens is 2. The minimum atomic E-state index is -4.67. The lowest BCUT2D eigenvalue weighted by Gasteiger charge is -2.19. The van der Waals surface area contributed by atoms with E-state index in [1.165, 1.54) is 24.3 Å². The monoisotopic (exact) mass is 314 g/mol. The molecule has 8 heteroatoms. The number of ether oxygens (including phenoxy) is 1. The van der Waals surface area contributed by atoms with Crippen LogP contribution >= 0.6 is 0 Å². The highest BCUT2D eigenvalue weighted by Crippen LogP contribution is 2.28. The fourth-order valence-corrected chi connectivity index (χ4v) is 1.54. The van der Waals surface area contributed by atoms with Gasteiger partial charge < -0.3 is 9.26 Å². The van der Waals surface area contributed by atoms with Crippen LogP contribution in [-0.4, -0.2) is 21.7 Å². The van der Waals surface area contributed by atoms with Gasteiger partial charge in [-0.3, -0.25) is 0 Å². The number of rotatable bonds is 2. The molecule has 0 saturated carbocycles. The highest BCUT2D eigenvalue weighted by atomic mass is 19.4. The number of benzene rings is 1. The summed E-state index contributed by atoms with van der Waals surface area (Å²) >= 11 is 0. The fourth-order valence-electron chi connectivity index (χ4n) is 1.54. The lowest BCUT2D eigenvalue weighted by atomic mass is 10.1. The minimum absolute atomic E-state index is 0.272. The standard InChI is InChI=1S/C14H13F3N2O3/c1-13(2,3)21-11(20)9-6-4-8(5-7-9)10-18-12(19-22-10)14(15,16)17/h4-7H,1-3H3. The Hall–Kier alpha value is -2.38. The Morgan fingerprint density at radius 2 is 1.73 bits per heavy atom. The number of carbonyl (C=O) groups is 1. The molecule has 0 fully saturated rings. The third kappa shape index (κ3) is 3.84. The second-order valence-corrected chi connectivity index (χ2v) is 5.50. The summed E-state index contributed by atoms with van der Waals surface area (Å²) in [6, 6.07) is 5.65. The SMILES string of the molecule is CC(C)(C)OC(=O)c1ccc(-c2nc(C(F)(F)F)no2)cc1. The molecule has 2 rings (SSSR count). The molecule has 0 aliphatic carbocycles. The van der Waals surface area contributed by atoms with E-state index in [0.717, 1.165) is 0 Å². The lowest BCUT2D eigenvalue weighted by molar-refractivity contribution is -0.146. The molecule has 0 bridgehead atoms. The zero-order chi connectivity index (χ0) is 16.5. The van der Waals surface area contributed by atoms with Crippen molar-refractivity contribution < 1.29 is 27.2 Å². The summed E-state index contributed by atoms with van der Waals surface area (Å²) in [5.74, 6) is -2.15. The summed E-state index contributed by atoms with van der Waals surface area (Å²) in [6.45, 7) is 5.20. The zero-order valence-electron chi connectivity index (χ0n) is 12.1. The third-order valence-electron chi connectivity index (χ3n) is 2.45. The first-order valence-electron chi connectivity index (χ1n) is 6.31. The van der Waals surface area contributed by atoms with Gasteiger partial charge in [-0.15, -0.1) is 0 Å². The van der Waals surface area contributed by atoms with E-state index >= 15 is 0 Å². The van der Waals surface area contributed by atoms with Gasteiger partial charge >= 0.3 is 12.1 Å². The molecule has 0 spiro atoms. The van der Waals surface area contributed by atoms with E-state index in [0.29, 0.717) is 0 Å². The van der Waals surface area contributed by atoms with E-state index in [1.54, 1.807) is 20.8 Å². The Bertz CT molecular complexity index is 670. The first-order valence-corrected chi connectivity index (χ1v) is 6.31. The average molecular weight is 314 g/mol. The van der Waals surface area contributed by atoms with Crippen molar-refractivity contribution >= 4 is 5.97 Å². The molecule has 0 unspecified atom stereocenters. The van der Waals surface area contributed by atoms with Crippen molar-refractivity contribution in [2.24, 2.45) is 0 Å². The molecule has 0 atom stereocenters. The second kappa shape index (κ2) is 5.43. The molecule has 1 heterocycles. The molecule has 118 valence electrons. The molecule has 2 aromatic rings. The predicted molar refractivity (Wildman–Crippen MR) is 69.9 cm³/mol. The summed E-state index contributed by atoms with van der Waals surface area (Å²) in [5.41, 5.74) is -0.0892. The zero-order valence-corrected chi connectivity index (χ0v) is 12.1. The van der Waals surface area contributed by atoms with E-state index in [1.807, 2.05) is 0 Å². The summed E-state index contributed by atoms with van der Waals surface area (Å²) in [7, 11) is 0. The van der Waals surface area contributed by atoms with Crippen LogP contribution in [0.5, 0.6) is 0 Å². The second-order valence-electron chi connectivity index (χ2n) is 5.50. The van der Waals surface area contributed by atoms with Gasteiger partial charge in [-0.1, -0.05) is 5.16 Å². The van der Waals surface area contributed by atoms with Crippen LogP contribution in [0.25, 0.3) is 11.5 Å². The molecule has 0 saturated heterocycles. The average Bonchev–Trinajstić information content (AvgIpc) is 2.86. The molecule has 0 radical (unpaired) electrons. The van der Waals surface area contributed by atoms with Crippen molar-refractivity contribution in [1.29, 1.82) is 0 Å². The van der Waals surface area contributed by atoms with Crippen LogP contribution in [0, 0.1) is 0 Å². The largest absolute Gasteiger partial charge is 0.456 e. The van der Waals surface area contributed by atoms with Gasteiger partial charge in [-0.05, 0) is 45.0 Å². The molecule has 5 nitrogen and oxygen atoms in total. The highest BCUT2D eigenvalue weighted by Gasteiger charge is 2.37. The molecule has 0 N–H and O–H groups in total. The van der Waals surface area contributed by atoms with Crippen molar-refractivity contribution in [3.8, 4) is 11.5 Å². The topological polar surface area (TPSA) is 65.2 Å². The lowest BCUT2D eigenvalue weighted by Crippen LogP contribution is -2.23. The van der Waals surface area contributed by atoms with Gasteiger partial charge in [0.2, 0.25) is 0 Å². The summed E-state index contributed by atoms with van der Waals surface area (Å²) in [5, 5.41) is 2.87. The molecule has 0 aliphatic rings. The van der Waals surface area contributed by atoms with Crippen LogP contribution in [0.1, 0.15) is 37.0 Å². The molecule has 0 amide bonds. The number of carbonyl (C=O) groups excluding carboxylic acids is 1. The van der Waals surface area contributed by atoms with Crippen molar-refractivity contribution in [2.45, 2.75) is 32.5 Å². The van der Waals surface area contributed by atoms with E-state index in [9.17, 15) is 18.0 Å². The first kappa shape index (κ1) is 16.0. The Labute approximate surface area is 124 Å². The van der Waals surface area contributed by atoms with E-state index in [4.69, 9.17) is 4.74 Å². The van der Waals surface area contributed by atoms with E-state index < -0.39 is 23.6 Å². The summed E-state index contributed by atoms with van der Waals surface area (Å²) < 4.78 is 46.9. The van der Waals surface area contributed by atoms with Gasteiger partial charge in [0.1, 0.15) is 5.60 Å². The Morgan fingerprint density at radius 1 is 1.14 bits per heavy atom. The minimum Gasteiger partial charge on any atom is -0.456 e. The molecule has 1 aromatic carbocycles. The van der Waals surface area contributed by atoms with Crippen molar-refractivity contribution in [1.82, 2.24) is 10.1 Å². The molecule has 1 aromatic heterocycles. The van der Waals surface area contributed by atoms with Gasteiger partial charge in [0.15, 0.2) is 0 Å². The first-order chi connectivity index (χ1) is 10.1. The third-order valence-corrected chi connectivity index (χ3v) is 2.45. The fraction of sp³-hybridized carbons (Fsp3) is 0.357. The molecular weight excluding hydrogens is 301 g/mol. The smallest absolute Gasteiger partial charge is 0.455 e. The summed E-state index contributed by atoms with van der Waals surface area (Å²) in [4.78, 5) is 15.1. The predicted octanol–water partition coefficient (Wildman–Crippen LogP) is 3.71. The Kier molecular flexibility index (Phi) is 3.95. The maximum absolute atomic E-state index is 12.4. The quantitative estimate of drug-likeness (QED) is 0.791. The Balaban J connectivity index is 2.19. The number of hydrogen-bond acceptors (Lipinski definition) is 5. The van der Waals surface area contributed by atoms with Gasteiger partial charge in [0.05, 0.1) is 5.56 Å². The molecule has 22 heavy (non-hydrogen) atoms. The van der Waals surface area contributed by atoms with Crippen LogP contribution in [0.4, 0.5) is 13.2 Å².